The molecule has 0 atom stereocenters. The summed E-state index contributed by atoms with van der Waals surface area (Å²) < 4.78 is 11.3. The fourth-order valence-corrected chi connectivity index (χ4v) is 5.44. The lowest BCUT2D eigenvalue weighted by atomic mass is 10.0. The third kappa shape index (κ3) is 6.90. The topological polar surface area (TPSA) is 71.5 Å². The van der Waals surface area contributed by atoms with Gasteiger partial charge in [-0.15, -0.1) is 0 Å². The summed E-state index contributed by atoms with van der Waals surface area (Å²) >= 11 is 0. The molecule has 6 rings (SSSR count). The summed E-state index contributed by atoms with van der Waals surface area (Å²) in [4.78, 5) is 14.7. The summed E-state index contributed by atoms with van der Waals surface area (Å²) in [5, 5.41) is 12.5. The number of H-pyrrole nitrogens is 1. The predicted molar refractivity (Wildman–Crippen MR) is 179 cm³/mol. The van der Waals surface area contributed by atoms with Crippen LogP contribution < -0.4 is 9.47 Å². The van der Waals surface area contributed by atoms with Gasteiger partial charge in [0.2, 0.25) is 5.88 Å². The van der Waals surface area contributed by atoms with Crippen LogP contribution in [0.4, 0.5) is 4.79 Å². The minimum absolute atomic E-state index is 0.255. The molecular weight excluding hydrogens is 546 g/mol. The molecule has 5 heteroatoms. The number of rotatable bonds is 11. The monoisotopic (exact) mass is 579 g/mol. The molecule has 0 bridgehead atoms. The molecule has 0 saturated heterocycles. The van der Waals surface area contributed by atoms with Crippen molar-refractivity contribution in [1.82, 2.24) is 4.98 Å². The SMILES string of the molecule is O=C(O)Oc1[nH]c2c(/C=C/c3ccc(/C=C/Cc4ccccc4)cc3)cccc2c1CCCOc1cccc2ccccc12. The van der Waals surface area contributed by atoms with Gasteiger partial charge in [-0.25, -0.2) is 4.79 Å². The number of hydrogen-bond donors (Lipinski definition) is 2. The van der Waals surface area contributed by atoms with E-state index in [1.165, 1.54) is 5.56 Å². The summed E-state index contributed by atoms with van der Waals surface area (Å²) in [5.41, 5.74) is 6.12. The molecule has 0 spiro atoms. The van der Waals surface area contributed by atoms with Crippen molar-refractivity contribution in [2.45, 2.75) is 19.3 Å². The molecule has 0 unspecified atom stereocenters. The lowest BCUT2D eigenvalue weighted by Gasteiger charge is -2.09. The minimum Gasteiger partial charge on any atom is -0.493 e. The Morgan fingerprint density at radius 3 is 2.25 bits per heavy atom. The smallest absolute Gasteiger partial charge is 0.493 e. The average molecular weight is 580 g/mol. The zero-order chi connectivity index (χ0) is 30.1. The van der Waals surface area contributed by atoms with Gasteiger partial charge in [-0.3, -0.25) is 0 Å². The molecule has 0 aliphatic rings. The molecule has 0 fully saturated rings. The Hall–Kier alpha value is -5.55. The van der Waals surface area contributed by atoms with Crippen molar-refractivity contribution in [3.8, 4) is 11.6 Å². The van der Waals surface area contributed by atoms with E-state index in [1.54, 1.807) is 0 Å². The normalized spacial score (nSPS) is 11.5. The standard InChI is InChI=1S/C39H33NO4/c41-39(42)44-38-35(19-9-27-43-36-20-8-15-31-14-4-5-17-33(31)36)34-18-7-16-32(37(34)40-38)26-25-30-23-21-29(22-24-30)13-6-12-28-10-2-1-3-11-28/h1-8,10-11,13-18,20-26,40H,9,12,19,27H2,(H,41,42)/b13-6+,26-25+. The van der Waals surface area contributed by atoms with Crippen LogP contribution in [0.15, 0.2) is 121 Å². The zero-order valence-electron chi connectivity index (χ0n) is 24.3. The molecule has 1 heterocycles. The number of aromatic amines is 1. The van der Waals surface area contributed by atoms with Gasteiger partial charge in [0.1, 0.15) is 5.75 Å². The molecule has 5 nitrogen and oxygen atoms in total. The van der Waals surface area contributed by atoms with Gasteiger partial charge in [-0.05, 0) is 53.0 Å². The Morgan fingerprint density at radius 2 is 1.43 bits per heavy atom. The first-order valence-corrected chi connectivity index (χ1v) is 14.8. The lowest BCUT2D eigenvalue weighted by molar-refractivity contribution is 0.142. The van der Waals surface area contributed by atoms with E-state index >= 15 is 0 Å². The molecule has 5 aromatic carbocycles. The van der Waals surface area contributed by atoms with Crippen LogP contribution in [0, 0.1) is 0 Å². The first-order chi connectivity index (χ1) is 21.6. The third-order valence-electron chi connectivity index (χ3n) is 7.60. The molecule has 218 valence electrons. The molecule has 6 aromatic rings. The highest BCUT2D eigenvalue weighted by Crippen LogP contribution is 2.33. The van der Waals surface area contributed by atoms with Crippen molar-refractivity contribution in [1.29, 1.82) is 0 Å². The van der Waals surface area contributed by atoms with E-state index < -0.39 is 6.16 Å². The number of aromatic nitrogens is 1. The van der Waals surface area contributed by atoms with Crippen molar-refractivity contribution >= 4 is 46.1 Å². The van der Waals surface area contributed by atoms with Gasteiger partial charge in [0.15, 0.2) is 0 Å². The summed E-state index contributed by atoms with van der Waals surface area (Å²) in [6.45, 7) is 0.490. The molecule has 44 heavy (non-hydrogen) atoms. The number of carboxylic acid groups (broad SMARTS) is 1. The van der Waals surface area contributed by atoms with Crippen LogP contribution in [0.1, 0.15) is 34.2 Å². The Balaban J connectivity index is 1.15. The molecule has 0 aliphatic heterocycles. The first-order valence-electron chi connectivity index (χ1n) is 14.8. The van der Waals surface area contributed by atoms with Crippen LogP contribution in [0.5, 0.6) is 11.6 Å². The van der Waals surface area contributed by atoms with Gasteiger partial charge in [0.25, 0.3) is 0 Å². The maximum Gasteiger partial charge on any atom is 0.512 e. The van der Waals surface area contributed by atoms with E-state index in [9.17, 15) is 9.90 Å². The van der Waals surface area contributed by atoms with Crippen LogP contribution >= 0.6 is 0 Å². The maximum atomic E-state index is 11.5. The van der Waals surface area contributed by atoms with Crippen molar-refractivity contribution in [3.05, 3.63) is 149 Å². The summed E-state index contributed by atoms with van der Waals surface area (Å²) in [7, 11) is 0. The van der Waals surface area contributed by atoms with Crippen molar-refractivity contribution in [2.75, 3.05) is 6.61 Å². The molecule has 0 saturated carbocycles. The minimum atomic E-state index is -1.35. The number of para-hydroxylation sites is 1. The Kier molecular flexibility index (Phi) is 8.84. The number of benzene rings is 5. The van der Waals surface area contributed by atoms with E-state index in [1.807, 2.05) is 54.6 Å². The van der Waals surface area contributed by atoms with Crippen molar-refractivity contribution < 1.29 is 19.4 Å². The first kappa shape index (κ1) is 28.6. The largest absolute Gasteiger partial charge is 0.512 e. The number of allylic oxidation sites excluding steroid dienone is 1. The maximum absolute atomic E-state index is 11.5. The van der Waals surface area contributed by atoms with Gasteiger partial charge in [0, 0.05) is 16.3 Å². The van der Waals surface area contributed by atoms with E-state index in [0.29, 0.717) is 19.4 Å². The molecular formula is C39H33NO4. The summed E-state index contributed by atoms with van der Waals surface area (Å²) in [6.07, 6.45) is 9.25. The number of carbonyl (C=O) groups is 1. The van der Waals surface area contributed by atoms with Crippen LogP contribution in [0.25, 0.3) is 39.9 Å². The molecule has 0 radical (unpaired) electrons. The molecule has 1 aromatic heterocycles. The van der Waals surface area contributed by atoms with Crippen LogP contribution in [0.3, 0.4) is 0 Å². The fraction of sp³-hybridized carbons (Fsp3) is 0.103. The predicted octanol–water partition coefficient (Wildman–Crippen LogP) is 9.82. The highest BCUT2D eigenvalue weighted by molar-refractivity contribution is 5.94. The number of ether oxygens (including phenoxy) is 2. The Bertz CT molecular complexity index is 1930. The second kappa shape index (κ2) is 13.6. The van der Waals surface area contributed by atoms with E-state index in [4.69, 9.17) is 9.47 Å². The molecule has 2 N–H and O–H groups in total. The van der Waals surface area contributed by atoms with Gasteiger partial charge in [-0.1, -0.05) is 133 Å². The van der Waals surface area contributed by atoms with Gasteiger partial charge in [0.05, 0.1) is 12.1 Å². The Labute approximate surface area is 256 Å². The average Bonchev–Trinajstić information content (AvgIpc) is 3.40. The fourth-order valence-electron chi connectivity index (χ4n) is 5.44. The summed E-state index contributed by atoms with van der Waals surface area (Å²) in [6, 6.07) is 38.9. The highest BCUT2D eigenvalue weighted by Gasteiger charge is 2.17. The second-order valence-corrected chi connectivity index (χ2v) is 10.6. The van der Waals surface area contributed by atoms with Gasteiger partial charge >= 0.3 is 6.16 Å². The number of aryl methyl sites for hydroxylation is 1. The number of nitrogens with one attached hydrogen (secondary N) is 1. The van der Waals surface area contributed by atoms with Crippen LogP contribution in [-0.4, -0.2) is 22.9 Å². The second-order valence-electron chi connectivity index (χ2n) is 10.6. The Morgan fingerprint density at radius 1 is 0.727 bits per heavy atom. The van der Waals surface area contributed by atoms with Gasteiger partial charge < -0.3 is 19.6 Å². The zero-order valence-corrected chi connectivity index (χ0v) is 24.3. The molecule has 0 amide bonds. The van der Waals surface area contributed by atoms with Gasteiger partial charge in [-0.2, -0.15) is 0 Å². The lowest BCUT2D eigenvalue weighted by Crippen LogP contribution is -2.06. The van der Waals surface area contributed by atoms with E-state index in [-0.39, 0.29) is 5.88 Å². The number of fused-ring (bicyclic) bond motifs is 2. The van der Waals surface area contributed by atoms with E-state index in [0.717, 1.165) is 56.1 Å². The number of hydrogen-bond acceptors (Lipinski definition) is 3. The van der Waals surface area contributed by atoms with Crippen LogP contribution in [0.2, 0.25) is 0 Å². The third-order valence-corrected chi connectivity index (χ3v) is 7.60. The van der Waals surface area contributed by atoms with E-state index in [2.05, 4.69) is 89.9 Å². The molecule has 0 aliphatic carbocycles. The van der Waals surface area contributed by atoms with Crippen molar-refractivity contribution in [3.63, 3.8) is 0 Å². The highest BCUT2D eigenvalue weighted by atomic mass is 16.7. The quantitative estimate of drug-likeness (QED) is 0.0910. The van der Waals surface area contributed by atoms with Crippen LogP contribution in [-0.2, 0) is 12.8 Å². The summed E-state index contributed by atoms with van der Waals surface area (Å²) in [5.74, 6) is 1.10. The van der Waals surface area contributed by atoms with Crippen molar-refractivity contribution in [2.24, 2.45) is 0 Å².